The third kappa shape index (κ3) is 9.16. The van der Waals surface area contributed by atoms with Gasteiger partial charge in [-0.3, -0.25) is 4.90 Å². The molecule has 3 aromatic carbocycles. The van der Waals surface area contributed by atoms with Crippen LogP contribution >= 0.6 is 49.6 Å². The van der Waals surface area contributed by atoms with Gasteiger partial charge in [0.15, 0.2) is 0 Å². The van der Waals surface area contributed by atoms with Crippen molar-refractivity contribution >= 4 is 72.5 Å². The smallest absolute Gasteiger partial charge is 0.146 e. The molecule has 0 amide bonds. The number of rotatable bonds is 7. The first-order chi connectivity index (χ1) is 16.3. The van der Waals surface area contributed by atoms with Crippen LogP contribution in [0, 0.1) is 0 Å². The van der Waals surface area contributed by atoms with Gasteiger partial charge < -0.3 is 19.7 Å². The second kappa shape index (κ2) is 16.5. The SMILES string of the molecule is Cl.Cl.Cl.Cl.c1ccc(N2CCN(CCCOc3cccc(NC4=Nc5ccccc5OC4)c3)CC2)cc1. The summed E-state index contributed by atoms with van der Waals surface area (Å²) in [5, 5.41) is 3.35. The lowest BCUT2D eigenvalue weighted by molar-refractivity contribution is 0.225. The molecule has 1 N–H and O–H groups in total. The lowest BCUT2D eigenvalue weighted by Crippen LogP contribution is -2.46. The van der Waals surface area contributed by atoms with Gasteiger partial charge in [0.1, 0.15) is 29.6 Å². The van der Waals surface area contributed by atoms with E-state index in [1.807, 2.05) is 48.5 Å². The maximum atomic E-state index is 6.03. The molecule has 0 bridgehead atoms. The van der Waals surface area contributed by atoms with Crippen LogP contribution in [-0.4, -0.2) is 56.7 Å². The molecule has 2 aliphatic heterocycles. The summed E-state index contributed by atoms with van der Waals surface area (Å²) in [5.41, 5.74) is 3.12. The number of anilines is 2. The first-order valence-electron chi connectivity index (χ1n) is 11.7. The van der Waals surface area contributed by atoms with Crippen LogP contribution in [0.1, 0.15) is 6.42 Å². The van der Waals surface area contributed by atoms with E-state index in [9.17, 15) is 0 Å². The summed E-state index contributed by atoms with van der Waals surface area (Å²) in [7, 11) is 0. The molecule has 0 atom stereocenters. The molecule has 0 radical (unpaired) electrons. The molecule has 1 fully saturated rings. The second-order valence-electron chi connectivity index (χ2n) is 8.33. The first kappa shape index (κ1) is 32.7. The number of benzene rings is 3. The van der Waals surface area contributed by atoms with Gasteiger partial charge in [-0.05, 0) is 42.8 Å². The van der Waals surface area contributed by atoms with Crippen molar-refractivity contribution in [1.29, 1.82) is 0 Å². The van der Waals surface area contributed by atoms with E-state index >= 15 is 0 Å². The Balaban J connectivity index is 0.00000171. The minimum absolute atomic E-state index is 0. The van der Waals surface area contributed by atoms with E-state index in [4.69, 9.17) is 9.47 Å². The largest absolute Gasteiger partial charge is 0.493 e. The number of fused-ring (bicyclic) bond motifs is 1. The number of ether oxygens (including phenoxy) is 2. The number of piperazine rings is 1. The lowest BCUT2D eigenvalue weighted by Gasteiger charge is -2.36. The van der Waals surface area contributed by atoms with E-state index in [2.05, 4.69) is 50.4 Å². The summed E-state index contributed by atoms with van der Waals surface area (Å²) in [6.07, 6.45) is 1.01. The third-order valence-electron chi connectivity index (χ3n) is 5.99. The highest BCUT2D eigenvalue weighted by Crippen LogP contribution is 2.30. The average molecular weight is 588 g/mol. The van der Waals surface area contributed by atoms with Crippen molar-refractivity contribution in [3.05, 3.63) is 78.9 Å². The van der Waals surface area contributed by atoms with E-state index in [0.29, 0.717) is 13.2 Å². The molecule has 6 nitrogen and oxygen atoms in total. The molecule has 0 aliphatic carbocycles. The zero-order chi connectivity index (χ0) is 22.3. The monoisotopic (exact) mass is 586 g/mol. The summed E-state index contributed by atoms with van der Waals surface area (Å²) in [5.74, 6) is 2.48. The number of hydrogen-bond acceptors (Lipinski definition) is 6. The van der Waals surface area contributed by atoms with E-state index in [1.54, 1.807) is 0 Å². The maximum Gasteiger partial charge on any atom is 0.146 e. The molecule has 0 unspecified atom stereocenters. The molecule has 202 valence electrons. The molecule has 1 saturated heterocycles. The van der Waals surface area contributed by atoms with Crippen molar-refractivity contribution in [2.45, 2.75) is 6.42 Å². The molecule has 10 heteroatoms. The van der Waals surface area contributed by atoms with Gasteiger partial charge in [-0.15, -0.1) is 49.6 Å². The van der Waals surface area contributed by atoms with Crippen LogP contribution in [0.3, 0.4) is 0 Å². The van der Waals surface area contributed by atoms with Crippen molar-refractivity contribution in [1.82, 2.24) is 4.90 Å². The van der Waals surface area contributed by atoms with E-state index < -0.39 is 0 Å². The van der Waals surface area contributed by atoms with E-state index in [1.165, 1.54) is 5.69 Å². The Labute approximate surface area is 244 Å². The predicted octanol–water partition coefficient (Wildman–Crippen LogP) is 6.50. The fraction of sp³-hybridized carbons (Fsp3) is 0.296. The standard InChI is InChI=1S/C27H30N4O2.4ClH/c1-2-9-23(10-3-1)31-17-15-30(16-18-31)14-7-19-32-24-11-6-8-22(20-24)28-27-21-33-26-13-5-4-12-25(26)29-27;;;;/h1-6,8-13,20H,7,14-19,21H2,(H,28,29);4*1H. The number of halogens is 4. The van der Waals surface area contributed by atoms with Crippen LogP contribution in [-0.2, 0) is 0 Å². The normalized spacial score (nSPS) is 14.2. The predicted molar refractivity (Wildman–Crippen MR) is 163 cm³/mol. The average Bonchev–Trinajstić information content (AvgIpc) is 2.88. The minimum atomic E-state index is 0. The summed E-state index contributed by atoms with van der Waals surface area (Å²) in [6.45, 7) is 6.56. The van der Waals surface area contributed by atoms with Gasteiger partial charge in [0, 0.05) is 50.2 Å². The zero-order valence-corrected chi connectivity index (χ0v) is 23.7. The molecule has 2 aliphatic rings. The molecule has 0 saturated carbocycles. The molecule has 37 heavy (non-hydrogen) atoms. The summed E-state index contributed by atoms with van der Waals surface area (Å²) < 4.78 is 11.8. The van der Waals surface area contributed by atoms with Gasteiger partial charge >= 0.3 is 0 Å². The number of nitrogens with one attached hydrogen (secondary N) is 1. The van der Waals surface area contributed by atoms with Gasteiger partial charge in [-0.2, -0.15) is 0 Å². The van der Waals surface area contributed by atoms with E-state index in [-0.39, 0.29) is 49.6 Å². The highest BCUT2D eigenvalue weighted by atomic mass is 35.5. The van der Waals surface area contributed by atoms with Crippen LogP contribution in [0.5, 0.6) is 11.5 Å². The Morgan fingerprint density at radius 3 is 2.32 bits per heavy atom. The summed E-state index contributed by atoms with van der Waals surface area (Å²) in [4.78, 5) is 9.64. The third-order valence-corrected chi connectivity index (χ3v) is 5.99. The minimum Gasteiger partial charge on any atom is -0.493 e. The fourth-order valence-electron chi connectivity index (χ4n) is 4.24. The quantitative estimate of drug-likeness (QED) is 0.320. The van der Waals surface area contributed by atoms with Crippen molar-refractivity contribution in [2.75, 3.05) is 56.2 Å². The van der Waals surface area contributed by atoms with Crippen LogP contribution in [0.15, 0.2) is 83.9 Å². The van der Waals surface area contributed by atoms with Gasteiger partial charge in [0.25, 0.3) is 0 Å². The van der Waals surface area contributed by atoms with E-state index in [0.717, 1.165) is 67.9 Å². The Hall–Kier alpha value is -2.35. The van der Waals surface area contributed by atoms with Crippen molar-refractivity contribution in [3.63, 3.8) is 0 Å². The highest BCUT2D eigenvalue weighted by Gasteiger charge is 2.16. The highest BCUT2D eigenvalue weighted by molar-refractivity contribution is 5.99. The number of aliphatic imine (C=N–C) groups is 1. The van der Waals surface area contributed by atoms with Crippen LogP contribution in [0.2, 0.25) is 0 Å². The number of nitrogens with zero attached hydrogens (tertiary/aromatic N) is 3. The fourth-order valence-corrected chi connectivity index (χ4v) is 4.24. The van der Waals surface area contributed by atoms with Gasteiger partial charge in [-0.25, -0.2) is 4.99 Å². The number of para-hydroxylation sites is 3. The Bertz CT molecular complexity index is 1100. The second-order valence-corrected chi connectivity index (χ2v) is 8.33. The van der Waals surface area contributed by atoms with Crippen molar-refractivity contribution in [3.8, 4) is 11.5 Å². The summed E-state index contributed by atoms with van der Waals surface area (Å²) in [6, 6.07) is 26.5. The Morgan fingerprint density at radius 1 is 0.811 bits per heavy atom. The van der Waals surface area contributed by atoms with Crippen molar-refractivity contribution in [2.24, 2.45) is 4.99 Å². The molecular formula is C27H34Cl4N4O2. The van der Waals surface area contributed by atoms with Crippen LogP contribution < -0.4 is 19.7 Å². The molecule has 0 spiro atoms. The molecular weight excluding hydrogens is 554 g/mol. The molecule has 3 aromatic rings. The summed E-state index contributed by atoms with van der Waals surface area (Å²) >= 11 is 0. The lowest BCUT2D eigenvalue weighted by atomic mass is 10.2. The first-order valence-corrected chi connectivity index (χ1v) is 11.7. The van der Waals surface area contributed by atoms with Gasteiger partial charge in [-0.1, -0.05) is 36.4 Å². The molecule has 2 heterocycles. The van der Waals surface area contributed by atoms with Crippen molar-refractivity contribution < 1.29 is 9.47 Å². The maximum absolute atomic E-state index is 6.03. The number of amidine groups is 1. The Kier molecular flexibility index (Phi) is 14.6. The molecule has 5 rings (SSSR count). The van der Waals surface area contributed by atoms with Gasteiger partial charge in [0.2, 0.25) is 0 Å². The van der Waals surface area contributed by atoms with Crippen LogP contribution in [0.4, 0.5) is 17.1 Å². The van der Waals surface area contributed by atoms with Gasteiger partial charge in [0.05, 0.1) is 6.61 Å². The van der Waals surface area contributed by atoms with Crippen LogP contribution in [0.25, 0.3) is 0 Å². The Morgan fingerprint density at radius 2 is 1.54 bits per heavy atom. The zero-order valence-electron chi connectivity index (χ0n) is 20.5. The number of hydrogen-bond donors (Lipinski definition) is 1. The molecule has 0 aromatic heterocycles. The topological polar surface area (TPSA) is 49.3 Å².